The number of ether oxygens (including phenoxy) is 1. The van der Waals surface area contributed by atoms with Crippen LogP contribution in [0.5, 0.6) is 0 Å². The highest BCUT2D eigenvalue weighted by molar-refractivity contribution is 5.73. The zero-order valence-corrected chi connectivity index (χ0v) is 10.8. The summed E-state index contributed by atoms with van der Waals surface area (Å²) in [6.07, 6.45) is 1.23. The first-order valence-electron chi connectivity index (χ1n) is 5.71. The lowest BCUT2D eigenvalue weighted by Crippen LogP contribution is -2.62. The molecule has 94 valence electrons. The predicted octanol–water partition coefficient (Wildman–Crippen LogP) is 1.50. The Balaban J connectivity index is 2.45. The molecule has 0 saturated heterocycles. The topological polar surface area (TPSA) is 58.6 Å². The molecule has 2 N–H and O–H groups in total. The fraction of sp³-hybridized carbons (Fsp3) is 0.917. The van der Waals surface area contributed by atoms with E-state index in [9.17, 15) is 4.79 Å². The third-order valence-electron chi connectivity index (χ3n) is 3.83. The van der Waals surface area contributed by atoms with Crippen LogP contribution in [0.2, 0.25) is 0 Å². The molecular weight excluding hydrogens is 206 g/mol. The van der Waals surface area contributed by atoms with Crippen molar-refractivity contribution in [2.24, 2.45) is 10.8 Å². The number of hydrogen-bond acceptors (Lipinski definition) is 3. The summed E-state index contributed by atoms with van der Waals surface area (Å²) < 4.78 is 5.35. The van der Waals surface area contributed by atoms with Crippen molar-refractivity contribution in [2.45, 2.75) is 46.3 Å². The maximum atomic E-state index is 11.0. The predicted molar refractivity (Wildman–Crippen MR) is 62.4 cm³/mol. The Morgan fingerprint density at radius 1 is 1.56 bits per heavy atom. The van der Waals surface area contributed by atoms with Crippen LogP contribution in [0.15, 0.2) is 0 Å². The van der Waals surface area contributed by atoms with E-state index in [1.807, 2.05) is 0 Å². The summed E-state index contributed by atoms with van der Waals surface area (Å²) in [5.41, 5.74) is -0.627. The van der Waals surface area contributed by atoms with Gasteiger partial charge in [0, 0.05) is 25.1 Å². The van der Waals surface area contributed by atoms with Crippen LogP contribution in [0.4, 0.5) is 0 Å². The van der Waals surface area contributed by atoms with Gasteiger partial charge in [0.05, 0.1) is 11.5 Å². The number of aliphatic carboxylic acids is 1. The van der Waals surface area contributed by atoms with Gasteiger partial charge in [-0.2, -0.15) is 0 Å². The third kappa shape index (κ3) is 2.38. The van der Waals surface area contributed by atoms with E-state index >= 15 is 0 Å². The van der Waals surface area contributed by atoms with Crippen LogP contribution >= 0.6 is 0 Å². The summed E-state index contributed by atoms with van der Waals surface area (Å²) in [6, 6.07) is 0.344. The largest absolute Gasteiger partial charge is 0.481 e. The van der Waals surface area contributed by atoms with Crippen molar-refractivity contribution in [1.29, 1.82) is 0 Å². The summed E-state index contributed by atoms with van der Waals surface area (Å²) in [4.78, 5) is 11.0. The van der Waals surface area contributed by atoms with Gasteiger partial charge in [0.25, 0.3) is 0 Å². The minimum absolute atomic E-state index is 0.0866. The van der Waals surface area contributed by atoms with E-state index in [0.29, 0.717) is 12.6 Å². The second-order valence-electron chi connectivity index (χ2n) is 5.90. The number of hydrogen-bond donors (Lipinski definition) is 2. The lowest BCUT2D eigenvalue weighted by Gasteiger charge is -2.52. The molecule has 0 radical (unpaired) electrons. The van der Waals surface area contributed by atoms with E-state index in [4.69, 9.17) is 9.84 Å². The first-order valence-corrected chi connectivity index (χ1v) is 5.71. The molecule has 4 nitrogen and oxygen atoms in total. The number of rotatable bonds is 5. The average Bonchev–Trinajstić information content (AvgIpc) is 2.16. The maximum absolute atomic E-state index is 11.0. The van der Waals surface area contributed by atoms with E-state index in [0.717, 1.165) is 6.42 Å². The molecule has 1 aliphatic rings. The molecule has 0 aliphatic heterocycles. The third-order valence-corrected chi connectivity index (χ3v) is 3.83. The quantitative estimate of drug-likeness (QED) is 0.750. The Kier molecular flexibility index (Phi) is 3.65. The first kappa shape index (κ1) is 13.5. The molecule has 16 heavy (non-hydrogen) atoms. The fourth-order valence-corrected chi connectivity index (χ4v) is 2.09. The smallest absolute Gasteiger partial charge is 0.310 e. The van der Waals surface area contributed by atoms with Gasteiger partial charge in [0.15, 0.2) is 0 Å². The number of carboxylic acid groups (broad SMARTS) is 1. The van der Waals surface area contributed by atoms with Crippen LogP contribution in [-0.4, -0.2) is 36.9 Å². The summed E-state index contributed by atoms with van der Waals surface area (Å²) >= 11 is 0. The van der Waals surface area contributed by atoms with E-state index < -0.39 is 11.4 Å². The van der Waals surface area contributed by atoms with Gasteiger partial charge < -0.3 is 15.2 Å². The molecule has 0 aromatic carbocycles. The lowest BCUT2D eigenvalue weighted by atomic mass is 9.64. The van der Waals surface area contributed by atoms with Crippen molar-refractivity contribution in [1.82, 2.24) is 5.32 Å². The van der Waals surface area contributed by atoms with Gasteiger partial charge in [-0.05, 0) is 20.3 Å². The second-order valence-corrected chi connectivity index (χ2v) is 5.90. The van der Waals surface area contributed by atoms with E-state index in [1.165, 1.54) is 0 Å². The minimum Gasteiger partial charge on any atom is -0.481 e. The molecule has 2 unspecified atom stereocenters. The number of carboxylic acids is 1. The molecule has 4 heteroatoms. The summed E-state index contributed by atoms with van der Waals surface area (Å²) in [7, 11) is 1.73. The van der Waals surface area contributed by atoms with Gasteiger partial charge in [-0.15, -0.1) is 0 Å². The van der Waals surface area contributed by atoms with Crippen molar-refractivity contribution in [3.05, 3.63) is 0 Å². The molecule has 0 aromatic rings. The molecule has 1 saturated carbocycles. The Hall–Kier alpha value is -0.610. The van der Waals surface area contributed by atoms with Gasteiger partial charge in [0.2, 0.25) is 0 Å². The van der Waals surface area contributed by atoms with Crippen LogP contribution in [0.25, 0.3) is 0 Å². The molecule has 1 aliphatic carbocycles. The Bertz CT molecular complexity index is 273. The lowest BCUT2D eigenvalue weighted by molar-refractivity contribution is -0.147. The molecule has 0 amide bonds. The van der Waals surface area contributed by atoms with Crippen molar-refractivity contribution in [3.63, 3.8) is 0 Å². The van der Waals surface area contributed by atoms with Gasteiger partial charge >= 0.3 is 5.97 Å². The molecule has 0 aromatic heterocycles. The number of nitrogens with one attached hydrogen (secondary N) is 1. The SMILES string of the molecule is COC1CC(NCC(C)(C)C(=O)O)C1(C)C. The van der Waals surface area contributed by atoms with Crippen molar-refractivity contribution < 1.29 is 14.6 Å². The average molecular weight is 229 g/mol. The van der Waals surface area contributed by atoms with Gasteiger partial charge in [0.1, 0.15) is 0 Å². The highest BCUT2D eigenvalue weighted by Crippen LogP contribution is 2.42. The highest BCUT2D eigenvalue weighted by Gasteiger charge is 2.48. The maximum Gasteiger partial charge on any atom is 0.310 e. The van der Waals surface area contributed by atoms with E-state index in [1.54, 1.807) is 21.0 Å². The Labute approximate surface area is 97.4 Å². The van der Waals surface area contributed by atoms with Crippen LogP contribution in [0, 0.1) is 10.8 Å². The van der Waals surface area contributed by atoms with Crippen LogP contribution < -0.4 is 5.32 Å². The zero-order valence-electron chi connectivity index (χ0n) is 10.8. The van der Waals surface area contributed by atoms with Gasteiger partial charge in [-0.25, -0.2) is 0 Å². The molecule has 0 spiro atoms. The summed E-state index contributed by atoms with van der Waals surface area (Å²) in [5, 5.41) is 12.3. The van der Waals surface area contributed by atoms with Crippen LogP contribution in [0.1, 0.15) is 34.1 Å². The Morgan fingerprint density at radius 3 is 2.50 bits per heavy atom. The van der Waals surface area contributed by atoms with Gasteiger partial charge in [-0.1, -0.05) is 13.8 Å². The number of carbonyl (C=O) groups is 1. The molecule has 0 heterocycles. The molecule has 1 fully saturated rings. The van der Waals surface area contributed by atoms with Gasteiger partial charge in [-0.3, -0.25) is 4.79 Å². The van der Waals surface area contributed by atoms with Crippen molar-refractivity contribution in [3.8, 4) is 0 Å². The second kappa shape index (κ2) is 4.34. The van der Waals surface area contributed by atoms with E-state index in [-0.39, 0.29) is 11.5 Å². The van der Waals surface area contributed by atoms with Crippen molar-refractivity contribution in [2.75, 3.05) is 13.7 Å². The van der Waals surface area contributed by atoms with E-state index in [2.05, 4.69) is 19.2 Å². The van der Waals surface area contributed by atoms with Crippen molar-refractivity contribution >= 4 is 5.97 Å². The summed E-state index contributed by atoms with van der Waals surface area (Å²) in [5.74, 6) is -0.763. The Morgan fingerprint density at radius 2 is 2.12 bits per heavy atom. The fourth-order valence-electron chi connectivity index (χ4n) is 2.09. The zero-order chi connectivity index (χ0) is 12.6. The minimum atomic E-state index is -0.763. The molecule has 0 bridgehead atoms. The standard InChI is InChI=1S/C12H23NO3/c1-11(2,10(14)15)7-13-8-6-9(16-5)12(8,3)4/h8-9,13H,6-7H2,1-5H3,(H,14,15). The molecule has 2 atom stereocenters. The number of methoxy groups -OCH3 is 1. The van der Waals surface area contributed by atoms with Crippen LogP contribution in [-0.2, 0) is 9.53 Å². The monoisotopic (exact) mass is 229 g/mol. The first-order chi connectivity index (χ1) is 7.21. The summed E-state index contributed by atoms with van der Waals surface area (Å²) in [6.45, 7) is 8.27. The highest BCUT2D eigenvalue weighted by atomic mass is 16.5. The molecular formula is C12H23NO3. The molecule has 1 rings (SSSR count). The van der Waals surface area contributed by atoms with Crippen LogP contribution in [0.3, 0.4) is 0 Å². The normalized spacial score (nSPS) is 28.6.